The van der Waals surface area contributed by atoms with Gasteiger partial charge in [0, 0.05) is 37.2 Å². The summed E-state index contributed by atoms with van der Waals surface area (Å²) in [6.45, 7) is 5.86. The van der Waals surface area contributed by atoms with Gasteiger partial charge in [0.25, 0.3) is 5.91 Å². The van der Waals surface area contributed by atoms with E-state index in [0.717, 1.165) is 22.6 Å². The van der Waals surface area contributed by atoms with Gasteiger partial charge >= 0.3 is 0 Å². The number of amides is 1. The first kappa shape index (κ1) is 19.4. The van der Waals surface area contributed by atoms with E-state index in [4.69, 9.17) is 0 Å². The van der Waals surface area contributed by atoms with E-state index in [0.29, 0.717) is 17.3 Å². The van der Waals surface area contributed by atoms with Crippen LogP contribution in [-0.4, -0.2) is 30.0 Å². The normalized spacial score (nSPS) is 10.5. The third-order valence-electron chi connectivity index (χ3n) is 4.36. The molecule has 2 aromatic carbocycles. The SMILES string of the molecule is Cc1ccc(Nc2cc(C(=O)Nc3ccc(N(C)C)cc3)nc(C)n2)c(C)c1. The van der Waals surface area contributed by atoms with Gasteiger partial charge in [-0.2, -0.15) is 0 Å². The number of aryl methyl sites for hydroxylation is 3. The van der Waals surface area contributed by atoms with Crippen LogP contribution in [0.25, 0.3) is 0 Å². The van der Waals surface area contributed by atoms with Gasteiger partial charge in [-0.15, -0.1) is 0 Å². The van der Waals surface area contributed by atoms with Gasteiger partial charge in [-0.05, 0) is 56.7 Å². The average Bonchev–Trinajstić information content (AvgIpc) is 2.64. The predicted molar refractivity (Wildman–Crippen MR) is 115 cm³/mol. The highest BCUT2D eigenvalue weighted by Gasteiger charge is 2.12. The quantitative estimate of drug-likeness (QED) is 0.689. The lowest BCUT2D eigenvalue weighted by molar-refractivity contribution is 0.102. The van der Waals surface area contributed by atoms with Crippen LogP contribution < -0.4 is 15.5 Å². The number of nitrogens with zero attached hydrogens (tertiary/aromatic N) is 3. The van der Waals surface area contributed by atoms with Crippen LogP contribution in [0.1, 0.15) is 27.4 Å². The number of hydrogen-bond acceptors (Lipinski definition) is 5. The van der Waals surface area contributed by atoms with Crippen LogP contribution in [0.2, 0.25) is 0 Å². The van der Waals surface area contributed by atoms with Gasteiger partial charge in [0.15, 0.2) is 0 Å². The molecule has 0 aliphatic carbocycles. The van der Waals surface area contributed by atoms with Crippen LogP contribution in [0.5, 0.6) is 0 Å². The Hall–Kier alpha value is -3.41. The summed E-state index contributed by atoms with van der Waals surface area (Å²) in [5.41, 5.74) is 5.36. The van der Waals surface area contributed by atoms with Crippen molar-refractivity contribution in [2.75, 3.05) is 29.6 Å². The molecule has 144 valence electrons. The van der Waals surface area contributed by atoms with Gasteiger partial charge < -0.3 is 15.5 Å². The van der Waals surface area contributed by atoms with E-state index in [1.165, 1.54) is 5.56 Å². The number of benzene rings is 2. The molecule has 0 fully saturated rings. The number of rotatable bonds is 5. The van der Waals surface area contributed by atoms with E-state index in [1.807, 2.05) is 62.3 Å². The van der Waals surface area contributed by atoms with E-state index in [-0.39, 0.29) is 5.91 Å². The molecule has 2 N–H and O–H groups in total. The minimum atomic E-state index is -0.271. The topological polar surface area (TPSA) is 70.2 Å². The van der Waals surface area contributed by atoms with E-state index in [9.17, 15) is 4.79 Å². The number of anilines is 4. The number of carbonyl (C=O) groups excluding carboxylic acids is 1. The number of nitrogens with one attached hydrogen (secondary N) is 2. The molecule has 1 aromatic heterocycles. The van der Waals surface area contributed by atoms with Crippen LogP contribution in [0.15, 0.2) is 48.5 Å². The third-order valence-corrected chi connectivity index (χ3v) is 4.36. The van der Waals surface area contributed by atoms with Crippen molar-refractivity contribution < 1.29 is 4.79 Å². The molecule has 0 radical (unpaired) electrons. The second-order valence-corrected chi connectivity index (χ2v) is 7.02. The number of aromatic nitrogens is 2. The minimum absolute atomic E-state index is 0.271. The second-order valence-electron chi connectivity index (χ2n) is 7.02. The summed E-state index contributed by atoms with van der Waals surface area (Å²) in [5.74, 6) is 0.849. The van der Waals surface area contributed by atoms with Crippen molar-refractivity contribution in [1.82, 2.24) is 9.97 Å². The first-order chi connectivity index (χ1) is 13.3. The Kier molecular flexibility index (Phi) is 5.59. The molecule has 28 heavy (non-hydrogen) atoms. The monoisotopic (exact) mass is 375 g/mol. The Labute approximate surface area is 165 Å². The molecule has 0 bridgehead atoms. The maximum absolute atomic E-state index is 12.7. The van der Waals surface area contributed by atoms with Crippen LogP contribution in [0.3, 0.4) is 0 Å². The third kappa shape index (κ3) is 4.65. The average molecular weight is 375 g/mol. The lowest BCUT2D eigenvalue weighted by Gasteiger charge is -2.13. The first-order valence-electron chi connectivity index (χ1n) is 9.10. The zero-order valence-electron chi connectivity index (χ0n) is 16.9. The van der Waals surface area contributed by atoms with Gasteiger partial charge in [0.2, 0.25) is 0 Å². The van der Waals surface area contributed by atoms with Crippen LogP contribution in [-0.2, 0) is 0 Å². The molecular weight excluding hydrogens is 350 g/mol. The van der Waals surface area contributed by atoms with E-state index >= 15 is 0 Å². The molecule has 3 rings (SSSR count). The Morgan fingerprint density at radius 2 is 1.64 bits per heavy atom. The van der Waals surface area contributed by atoms with Crippen molar-refractivity contribution in [3.05, 3.63) is 71.2 Å². The molecule has 0 saturated carbocycles. The van der Waals surface area contributed by atoms with Crippen molar-refractivity contribution in [3.63, 3.8) is 0 Å². The Morgan fingerprint density at radius 3 is 2.29 bits per heavy atom. The zero-order chi connectivity index (χ0) is 20.3. The maximum Gasteiger partial charge on any atom is 0.274 e. The van der Waals surface area contributed by atoms with E-state index < -0.39 is 0 Å². The molecule has 6 nitrogen and oxygen atoms in total. The highest BCUT2D eigenvalue weighted by atomic mass is 16.1. The van der Waals surface area contributed by atoms with Gasteiger partial charge in [-0.3, -0.25) is 4.79 Å². The molecule has 3 aromatic rings. The molecule has 0 aliphatic heterocycles. The van der Waals surface area contributed by atoms with Gasteiger partial charge in [0.05, 0.1) is 0 Å². The molecule has 1 amide bonds. The van der Waals surface area contributed by atoms with Crippen molar-refractivity contribution in [1.29, 1.82) is 0 Å². The zero-order valence-corrected chi connectivity index (χ0v) is 16.9. The number of hydrogen-bond donors (Lipinski definition) is 2. The highest BCUT2D eigenvalue weighted by Crippen LogP contribution is 2.21. The maximum atomic E-state index is 12.7. The van der Waals surface area contributed by atoms with Crippen LogP contribution in [0, 0.1) is 20.8 Å². The Bertz CT molecular complexity index is 996. The fraction of sp³-hybridized carbons (Fsp3) is 0.227. The van der Waals surface area contributed by atoms with Crippen molar-refractivity contribution >= 4 is 28.8 Å². The lowest BCUT2D eigenvalue weighted by atomic mass is 10.1. The smallest absolute Gasteiger partial charge is 0.274 e. The Morgan fingerprint density at radius 1 is 0.929 bits per heavy atom. The molecule has 0 aliphatic rings. The molecule has 0 spiro atoms. The molecular formula is C22H25N5O. The summed E-state index contributed by atoms with van der Waals surface area (Å²) in [6, 6.07) is 15.5. The van der Waals surface area contributed by atoms with E-state index in [2.05, 4.69) is 33.6 Å². The summed E-state index contributed by atoms with van der Waals surface area (Å²) < 4.78 is 0. The minimum Gasteiger partial charge on any atom is -0.378 e. The summed E-state index contributed by atoms with van der Waals surface area (Å²) >= 11 is 0. The van der Waals surface area contributed by atoms with Gasteiger partial charge in [0.1, 0.15) is 17.3 Å². The molecule has 1 heterocycles. The summed E-state index contributed by atoms with van der Waals surface area (Å²) in [7, 11) is 3.95. The standard InChI is InChI=1S/C22H25N5O/c1-14-6-11-19(15(2)12-14)26-21-13-20(23-16(3)24-21)22(28)25-17-7-9-18(10-8-17)27(4)5/h6-13H,1-5H3,(H,25,28)(H,23,24,26). The van der Waals surface area contributed by atoms with Crippen molar-refractivity contribution in [2.24, 2.45) is 0 Å². The highest BCUT2D eigenvalue weighted by molar-refractivity contribution is 6.03. The fourth-order valence-corrected chi connectivity index (χ4v) is 2.88. The summed E-state index contributed by atoms with van der Waals surface area (Å²) in [5, 5.41) is 6.17. The number of carbonyl (C=O) groups is 1. The summed E-state index contributed by atoms with van der Waals surface area (Å²) in [6.07, 6.45) is 0. The molecule has 6 heteroatoms. The van der Waals surface area contributed by atoms with Crippen LogP contribution >= 0.6 is 0 Å². The van der Waals surface area contributed by atoms with Crippen LogP contribution in [0.4, 0.5) is 22.9 Å². The first-order valence-corrected chi connectivity index (χ1v) is 9.10. The van der Waals surface area contributed by atoms with Gasteiger partial charge in [-0.25, -0.2) is 9.97 Å². The largest absolute Gasteiger partial charge is 0.378 e. The molecule has 0 saturated heterocycles. The Balaban J connectivity index is 1.79. The summed E-state index contributed by atoms with van der Waals surface area (Å²) in [4.78, 5) is 23.4. The fourth-order valence-electron chi connectivity index (χ4n) is 2.88. The lowest BCUT2D eigenvalue weighted by Crippen LogP contribution is -2.15. The molecule has 0 unspecified atom stereocenters. The van der Waals surface area contributed by atoms with E-state index in [1.54, 1.807) is 13.0 Å². The molecule has 0 atom stereocenters. The second kappa shape index (κ2) is 8.08. The predicted octanol–water partition coefficient (Wildman–Crippen LogP) is 4.46. The van der Waals surface area contributed by atoms with Crippen molar-refractivity contribution in [2.45, 2.75) is 20.8 Å². The van der Waals surface area contributed by atoms with Gasteiger partial charge in [-0.1, -0.05) is 17.7 Å². The van der Waals surface area contributed by atoms with Crippen molar-refractivity contribution in [3.8, 4) is 0 Å².